The van der Waals surface area contributed by atoms with Gasteiger partial charge >= 0.3 is 6.03 Å². The van der Waals surface area contributed by atoms with Gasteiger partial charge in [0.25, 0.3) is 0 Å². The minimum atomic E-state index is -0.117. The monoisotopic (exact) mass is 293 g/mol. The fourth-order valence-corrected chi connectivity index (χ4v) is 2.29. The molecule has 0 aliphatic carbocycles. The Kier molecular flexibility index (Phi) is 5.80. The molecule has 1 atom stereocenters. The predicted octanol–water partition coefficient (Wildman–Crippen LogP) is 1.80. The highest BCUT2D eigenvalue weighted by Crippen LogP contribution is 2.13. The molecule has 6 nitrogen and oxygen atoms in total. The van der Waals surface area contributed by atoms with E-state index in [1.807, 2.05) is 6.07 Å². The van der Waals surface area contributed by atoms with Crippen LogP contribution in [0.4, 0.5) is 4.79 Å². The van der Waals surface area contributed by atoms with E-state index in [0.717, 1.165) is 30.9 Å². The van der Waals surface area contributed by atoms with Gasteiger partial charge in [-0.05, 0) is 25.3 Å². The van der Waals surface area contributed by atoms with E-state index in [0.29, 0.717) is 13.1 Å². The first-order valence-corrected chi connectivity index (χ1v) is 7.28. The summed E-state index contributed by atoms with van der Waals surface area (Å²) in [5.74, 6) is 0.740. The molecule has 0 radical (unpaired) electrons. The molecule has 2 amide bonds. The van der Waals surface area contributed by atoms with Crippen LogP contribution in [0.15, 0.2) is 18.3 Å². The van der Waals surface area contributed by atoms with Gasteiger partial charge in [-0.25, -0.2) is 4.79 Å². The van der Waals surface area contributed by atoms with Crippen LogP contribution < -0.4 is 10.1 Å². The number of carbonyl (C=O) groups is 1. The highest BCUT2D eigenvalue weighted by Gasteiger charge is 2.16. The number of ether oxygens (including phenoxy) is 2. The summed E-state index contributed by atoms with van der Waals surface area (Å²) in [6.07, 6.45) is 5.12. The fourth-order valence-electron chi connectivity index (χ4n) is 2.29. The Morgan fingerprint density at radius 2 is 2.43 bits per heavy atom. The van der Waals surface area contributed by atoms with Gasteiger partial charge < -0.3 is 19.7 Å². The third-order valence-electron chi connectivity index (χ3n) is 3.52. The van der Waals surface area contributed by atoms with Gasteiger partial charge in [-0.1, -0.05) is 0 Å². The number of rotatable bonds is 5. The molecule has 21 heavy (non-hydrogen) atoms. The zero-order valence-corrected chi connectivity index (χ0v) is 12.7. The van der Waals surface area contributed by atoms with Crippen LogP contribution in [0.3, 0.4) is 0 Å². The van der Waals surface area contributed by atoms with Crippen molar-refractivity contribution >= 4 is 6.03 Å². The lowest BCUT2D eigenvalue weighted by molar-refractivity contribution is 0.0178. The average Bonchev–Trinajstić information content (AvgIpc) is 2.53. The minimum Gasteiger partial charge on any atom is -0.497 e. The van der Waals surface area contributed by atoms with Crippen molar-refractivity contribution in [3.63, 3.8) is 0 Å². The maximum Gasteiger partial charge on any atom is 0.317 e. The normalized spacial score (nSPS) is 18.1. The summed E-state index contributed by atoms with van der Waals surface area (Å²) >= 11 is 0. The zero-order chi connectivity index (χ0) is 15.1. The van der Waals surface area contributed by atoms with E-state index in [1.54, 1.807) is 31.3 Å². The van der Waals surface area contributed by atoms with Crippen LogP contribution in [0.2, 0.25) is 0 Å². The Morgan fingerprint density at radius 3 is 3.14 bits per heavy atom. The molecule has 0 saturated carbocycles. The summed E-state index contributed by atoms with van der Waals surface area (Å²) in [6, 6.07) is 3.49. The molecule has 116 valence electrons. The van der Waals surface area contributed by atoms with Crippen molar-refractivity contribution in [2.24, 2.45) is 0 Å². The summed E-state index contributed by atoms with van der Waals surface area (Å²) in [7, 11) is 3.36. The first-order chi connectivity index (χ1) is 10.2. The van der Waals surface area contributed by atoms with Crippen molar-refractivity contribution in [2.45, 2.75) is 31.9 Å². The first kappa shape index (κ1) is 15.6. The third kappa shape index (κ3) is 4.90. The molecule has 1 saturated heterocycles. The zero-order valence-electron chi connectivity index (χ0n) is 12.7. The molecule has 6 heteroatoms. The van der Waals surface area contributed by atoms with E-state index in [1.165, 1.54) is 6.42 Å². The number of hydrogen-bond acceptors (Lipinski definition) is 4. The van der Waals surface area contributed by atoms with Crippen molar-refractivity contribution < 1.29 is 14.3 Å². The molecule has 1 aromatic heterocycles. The van der Waals surface area contributed by atoms with E-state index >= 15 is 0 Å². The molecule has 0 spiro atoms. The van der Waals surface area contributed by atoms with E-state index in [4.69, 9.17) is 9.47 Å². The second kappa shape index (κ2) is 7.83. The van der Waals surface area contributed by atoms with Crippen molar-refractivity contribution in [3.05, 3.63) is 24.0 Å². The van der Waals surface area contributed by atoms with Crippen LogP contribution in [-0.4, -0.2) is 49.3 Å². The van der Waals surface area contributed by atoms with E-state index in [2.05, 4.69) is 10.3 Å². The molecule has 1 N–H and O–H groups in total. The van der Waals surface area contributed by atoms with E-state index in [-0.39, 0.29) is 12.1 Å². The fraction of sp³-hybridized carbons (Fsp3) is 0.600. The topological polar surface area (TPSA) is 63.7 Å². The second-order valence-corrected chi connectivity index (χ2v) is 5.22. The molecule has 0 bridgehead atoms. The Balaban J connectivity index is 1.78. The number of aromatic nitrogens is 1. The average molecular weight is 293 g/mol. The van der Waals surface area contributed by atoms with Gasteiger partial charge in [-0.3, -0.25) is 4.98 Å². The second-order valence-electron chi connectivity index (χ2n) is 5.22. The smallest absolute Gasteiger partial charge is 0.317 e. The van der Waals surface area contributed by atoms with Crippen molar-refractivity contribution in [2.75, 3.05) is 27.3 Å². The van der Waals surface area contributed by atoms with Gasteiger partial charge in [0.1, 0.15) is 5.75 Å². The molecule has 2 rings (SSSR count). The molecular formula is C15H23N3O3. The number of carbonyl (C=O) groups excluding carboxylic acids is 1. The molecule has 2 heterocycles. The molecule has 1 aliphatic rings. The summed E-state index contributed by atoms with van der Waals surface area (Å²) in [5, 5.41) is 2.90. The van der Waals surface area contributed by atoms with Gasteiger partial charge in [-0.15, -0.1) is 0 Å². The lowest BCUT2D eigenvalue weighted by Crippen LogP contribution is -2.42. The number of nitrogens with zero attached hydrogens (tertiary/aromatic N) is 2. The van der Waals surface area contributed by atoms with Crippen molar-refractivity contribution in [1.82, 2.24) is 15.2 Å². The first-order valence-electron chi connectivity index (χ1n) is 7.28. The highest BCUT2D eigenvalue weighted by molar-refractivity contribution is 5.73. The van der Waals surface area contributed by atoms with Gasteiger partial charge in [0.05, 0.1) is 25.5 Å². The van der Waals surface area contributed by atoms with Crippen LogP contribution in [-0.2, 0) is 11.3 Å². The lowest BCUT2D eigenvalue weighted by atomic mass is 10.1. The number of methoxy groups -OCH3 is 1. The maximum atomic E-state index is 12.0. The SMILES string of the molecule is COc1ccnc(CN(C)C(=O)NCC2CCCCO2)c1. The number of nitrogens with one attached hydrogen (secondary N) is 1. The highest BCUT2D eigenvalue weighted by atomic mass is 16.5. The Bertz CT molecular complexity index is 461. The van der Waals surface area contributed by atoms with Crippen molar-refractivity contribution in [3.8, 4) is 5.75 Å². The number of hydrogen-bond donors (Lipinski definition) is 1. The van der Waals surface area contributed by atoms with Crippen LogP contribution in [0.5, 0.6) is 5.75 Å². The Labute approximate surface area is 125 Å². The minimum absolute atomic E-state index is 0.117. The molecule has 1 fully saturated rings. The van der Waals surface area contributed by atoms with Gasteiger partial charge in [0, 0.05) is 32.5 Å². The standard InChI is InChI=1S/C15H23N3O3/c1-18(11-12-9-13(20-2)6-7-16-12)15(19)17-10-14-5-3-4-8-21-14/h6-7,9,14H,3-5,8,10-11H2,1-2H3,(H,17,19). The van der Waals surface area contributed by atoms with Crippen molar-refractivity contribution in [1.29, 1.82) is 0 Å². The summed E-state index contributed by atoms with van der Waals surface area (Å²) in [5.41, 5.74) is 0.793. The van der Waals surface area contributed by atoms with Gasteiger partial charge in [-0.2, -0.15) is 0 Å². The lowest BCUT2D eigenvalue weighted by Gasteiger charge is -2.24. The molecule has 0 aromatic carbocycles. The largest absolute Gasteiger partial charge is 0.497 e. The Hall–Kier alpha value is -1.82. The quantitative estimate of drug-likeness (QED) is 0.899. The number of pyridine rings is 1. The van der Waals surface area contributed by atoms with Crippen LogP contribution in [0, 0.1) is 0 Å². The van der Waals surface area contributed by atoms with Gasteiger partial charge in [0.15, 0.2) is 0 Å². The third-order valence-corrected chi connectivity index (χ3v) is 3.52. The van der Waals surface area contributed by atoms with E-state index < -0.39 is 0 Å². The number of amides is 2. The molecule has 1 aliphatic heterocycles. The van der Waals surface area contributed by atoms with Crippen LogP contribution in [0.25, 0.3) is 0 Å². The van der Waals surface area contributed by atoms with Gasteiger partial charge in [0.2, 0.25) is 0 Å². The summed E-state index contributed by atoms with van der Waals surface area (Å²) in [6.45, 7) is 1.80. The van der Waals surface area contributed by atoms with Crippen LogP contribution >= 0.6 is 0 Å². The van der Waals surface area contributed by atoms with E-state index in [9.17, 15) is 4.79 Å². The Morgan fingerprint density at radius 1 is 1.57 bits per heavy atom. The molecule has 1 aromatic rings. The molecular weight excluding hydrogens is 270 g/mol. The number of urea groups is 1. The summed E-state index contributed by atoms with van der Waals surface area (Å²) in [4.78, 5) is 17.9. The van der Waals surface area contributed by atoms with Crippen LogP contribution in [0.1, 0.15) is 25.0 Å². The molecule has 1 unspecified atom stereocenters. The summed E-state index contributed by atoms with van der Waals surface area (Å²) < 4.78 is 10.7. The predicted molar refractivity (Wildman–Crippen MR) is 79.2 cm³/mol. The maximum absolute atomic E-state index is 12.0.